The molecule has 1 aromatic carbocycles. The zero-order valence-electron chi connectivity index (χ0n) is 10.7. The maximum Gasteiger partial charge on any atom is 0.306 e. The number of amides is 1. The van der Waals surface area contributed by atoms with Gasteiger partial charge in [-0.05, 0) is 37.6 Å². The van der Waals surface area contributed by atoms with Crippen molar-refractivity contribution in [3.8, 4) is 0 Å². The highest BCUT2D eigenvalue weighted by Gasteiger charge is 2.25. The summed E-state index contributed by atoms with van der Waals surface area (Å²) in [7, 11) is 0. The molecule has 0 aliphatic rings. The molecule has 1 amide bonds. The summed E-state index contributed by atoms with van der Waals surface area (Å²) < 4.78 is 12.9. The molecular weight excluding hydrogens is 253 g/mol. The Bertz CT molecular complexity index is 499. The molecular formula is C13H16FNO4. The van der Waals surface area contributed by atoms with E-state index in [-0.39, 0.29) is 12.1 Å². The second-order valence-corrected chi connectivity index (χ2v) is 4.71. The number of carbonyl (C=O) groups excluding carboxylic acids is 1. The standard InChI is InChI=1S/C13H16FNO4/c1-8-5-9(14)3-4-10(8)12(18)15-7-13(2,19)6-11(16)17/h3-5,19H,6-7H2,1-2H3,(H,15,18)(H,16,17). The van der Waals surface area contributed by atoms with Gasteiger partial charge in [0.15, 0.2) is 0 Å². The minimum absolute atomic E-state index is 0.199. The number of aliphatic carboxylic acids is 1. The van der Waals surface area contributed by atoms with E-state index in [0.29, 0.717) is 5.56 Å². The number of nitrogens with one attached hydrogen (secondary N) is 1. The predicted octanol–water partition coefficient (Wildman–Crippen LogP) is 1.09. The summed E-state index contributed by atoms with van der Waals surface area (Å²) in [5, 5.41) is 20.8. The molecule has 19 heavy (non-hydrogen) atoms. The fraction of sp³-hybridized carbons (Fsp3) is 0.385. The van der Waals surface area contributed by atoms with E-state index in [1.165, 1.54) is 19.1 Å². The molecule has 1 rings (SSSR count). The van der Waals surface area contributed by atoms with Gasteiger partial charge in [0.1, 0.15) is 5.82 Å². The van der Waals surface area contributed by atoms with Crippen LogP contribution in [0.4, 0.5) is 4.39 Å². The summed E-state index contributed by atoms with van der Waals surface area (Å²) in [5.74, 6) is -2.08. The smallest absolute Gasteiger partial charge is 0.306 e. The van der Waals surface area contributed by atoms with Gasteiger partial charge in [-0.1, -0.05) is 0 Å². The molecule has 0 fully saturated rings. The molecule has 1 unspecified atom stereocenters. The third kappa shape index (κ3) is 4.67. The average Bonchev–Trinajstić information content (AvgIpc) is 2.24. The van der Waals surface area contributed by atoms with Crippen molar-refractivity contribution < 1.29 is 24.2 Å². The van der Waals surface area contributed by atoms with Crippen molar-refractivity contribution in [2.75, 3.05) is 6.54 Å². The van der Waals surface area contributed by atoms with Crippen LogP contribution in [0.2, 0.25) is 0 Å². The minimum Gasteiger partial charge on any atom is -0.481 e. The first kappa shape index (κ1) is 15.1. The van der Waals surface area contributed by atoms with Gasteiger partial charge >= 0.3 is 5.97 Å². The van der Waals surface area contributed by atoms with Crippen molar-refractivity contribution >= 4 is 11.9 Å². The summed E-state index contributed by atoms with van der Waals surface area (Å²) in [6.45, 7) is 2.71. The first-order valence-electron chi connectivity index (χ1n) is 5.70. The van der Waals surface area contributed by atoms with E-state index in [1.54, 1.807) is 6.92 Å². The van der Waals surface area contributed by atoms with Crippen LogP contribution < -0.4 is 5.32 Å². The Hall–Kier alpha value is -1.95. The van der Waals surface area contributed by atoms with Gasteiger partial charge in [0.25, 0.3) is 5.91 Å². The molecule has 0 saturated heterocycles. The Morgan fingerprint density at radius 1 is 1.42 bits per heavy atom. The lowest BCUT2D eigenvalue weighted by Gasteiger charge is -2.21. The van der Waals surface area contributed by atoms with Crippen LogP contribution in [0.15, 0.2) is 18.2 Å². The Balaban J connectivity index is 2.68. The number of rotatable bonds is 5. The molecule has 104 valence electrons. The van der Waals surface area contributed by atoms with Crippen LogP contribution in [0.5, 0.6) is 0 Å². The molecule has 0 radical (unpaired) electrons. The number of benzene rings is 1. The fourth-order valence-electron chi connectivity index (χ4n) is 1.64. The number of aryl methyl sites for hydroxylation is 1. The number of carboxylic acids is 1. The zero-order chi connectivity index (χ0) is 14.6. The molecule has 5 nitrogen and oxygen atoms in total. The lowest BCUT2D eigenvalue weighted by Crippen LogP contribution is -2.42. The van der Waals surface area contributed by atoms with E-state index in [0.717, 1.165) is 6.07 Å². The highest BCUT2D eigenvalue weighted by molar-refractivity contribution is 5.95. The van der Waals surface area contributed by atoms with Crippen molar-refractivity contribution in [1.82, 2.24) is 5.32 Å². The summed E-state index contributed by atoms with van der Waals surface area (Å²) in [5.41, 5.74) is -0.780. The number of hydrogen-bond acceptors (Lipinski definition) is 3. The van der Waals surface area contributed by atoms with Crippen molar-refractivity contribution in [2.45, 2.75) is 25.9 Å². The van der Waals surface area contributed by atoms with Crippen LogP contribution in [0.25, 0.3) is 0 Å². The van der Waals surface area contributed by atoms with E-state index >= 15 is 0 Å². The third-order valence-electron chi connectivity index (χ3n) is 2.59. The van der Waals surface area contributed by atoms with Crippen LogP contribution in [0.1, 0.15) is 29.3 Å². The first-order valence-corrected chi connectivity index (χ1v) is 5.70. The Morgan fingerprint density at radius 2 is 2.05 bits per heavy atom. The lowest BCUT2D eigenvalue weighted by atomic mass is 10.0. The van der Waals surface area contributed by atoms with Crippen molar-refractivity contribution in [3.63, 3.8) is 0 Å². The van der Waals surface area contributed by atoms with Gasteiger partial charge in [0, 0.05) is 12.1 Å². The van der Waals surface area contributed by atoms with Crippen molar-refractivity contribution in [1.29, 1.82) is 0 Å². The van der Waals surface area contributed by atoms with Crippen LogP contribution in [0.3, 0.4) is 0 Å². The third-order valence-corrected chi connectivity index (χ3v) is 2.59. The topological polar surface area (TPSA) is 86.6 Å². The van der Waals surface area contributed by atoms with E-state index in [1.807, 2.05) is 0 Å². The SMILES string of the molecule is Cc1cc(F)ccc1C(=O)NCC(C)(O)CC(=O)O. The molecule has 0 bridgehead atoms. The second-order valence-electron chi connectivity index (χ2n) is 4.71. The highest BCUT2D eigenvalue weighted by Crippen LogP contribution is 2.11. The first-order chi connectivity index (χ1) is 8.71. The number of hydrogen-bond donors (Lipinski definition) is 3. The molecule has 1 aromatic rings. The number of carbonyl (C=O) groups is 2. The maximum atomic E-state index is 12.9. The number of carboxylic acid groups (broad SMARTS) is 1. The van der Waals surface area contributed by atoms with Crippen LogP contribution in [0, 0.1) is 12.7 Å². The highest BCUT2D eigenvalue weighted by atomic mass is 19.1. The predicted molar refractivity (Wildman–Crippen MR) is 66.3 cm³/mol. The molecule has 1 atom stereocenters. The molecule has 0 saturated carbocycles. The van der Waals surface area contributed by atoms with E-state index in [9.17, 15) is 19.1 Å². The Kier molecular flexibility index (Phi) is 4.61. The monoisotopic (exact) mass is 269 g/mol. The molecule has 0 spiro atoms. The largest absolute Gasteiger partial charge is 0.481 e. The number of halogens is 1. The minimum atomic E-state index is -1.53. The molecule has 6 heteroatoms. The molecule has 0 heterocycles. The summed E-state index contributed by atoms with van der Waals surface area (Å²) in [6.07, 6.45) is -0.477. The van der Waals surface area contributed by atoms with Gasteiger partial charge in [-0.3, -0.25) is 9.59 Å². The quantitative estimate of drug-likeness (QED) is 0.746. The Labute approximate surface area is 110 Å². The average molecular weight is 269 g/mol. The van der Waals surface area contributed by atoms with Gasteiger partial charge < -0.3 is 15.5 Å². The van der Waals surface area contributed by atoms with Crippen LogP contribution in [-0.2, 0) is 4.79 Å². The van der Waals surface area contributed by atoms with Crippen LogP contribution in [-0.4, -0.2) is 34.2 Å². The van der Waals surface area contributed by atoms with Crippen molar-refractivity contribution in [3.05, 3.63) is 35.1 Å². The summed E-state index contributed by atoms with van der Waals surface area (Å²) in [6, 6.07) is 3.73. The maximum absolute atomic E-state index is 12.9. The zero-order valence-corrected chi connectivity index (χ0v) is 10.7. The van der Waals surface area contributed by atoms with Crippen LogP contribution >= 0.6 is 0 Å². The van der Waals surface area contributed by atoms with Crippen molar-refractivity contribution in [2.24, 2.45) is 0 Å². The fourth-order valence-corrected chi connectivity index (χ4v) is 1.64. The van der Waals surface area contributed by atoms with E-state index in [4.69, 9.17) is 5.11 Å². The van der Waals surface area contributed by atoms with Gasteiger partial charge in [-0.15, -0.1) is 0 Å². The second kappa shape index (κ2) is 5.79. The lowest BCUT2D eigenvalue weighted by molar-refractivity contribution is -0.141. The van der Waals surface area contributed by atoms with Gasteiger partial charge in [-0.25, -0.2) is 4.39 Å². The summed E-state index contributed by atoms with van der Waals surface area (Å²) in [4.78, 5) is 22.3. The normalized spacial score (nSPS) is 13.7. The van der Waals surface area contributed by atoms with E-state index in [2.05, 4.69) is 5.32 Å². The van der Waals surface area contributed by atoms with Gasteiger partial charge in [-0.2, -0.15) is 0 Å². The van der Waals surface area contributed by atoms with Gasteiger partial charge in [0.05, 0.1) is 12.0 Å². The van der Waals surface area contributed by atoms with Gasteiger partial charge in [0.2, 0.25) is 0 Å². The molecule has 3 N–H and O–H groups in total. The number of aliphatic hydroxyl groups is 1. The summed E-state index contributed by atoms with van der Waals surface area (Å²) >= 11 is 0. The molecule has 0 aliphatic heterocycles. The van der Waals surface area contributed by atoms with E-state index < -0.39 is 29.7 Å². The Morgan fingerprint density at radius 3 is 2.58 bits per heavy atom. The molecule has 0 aromatic heterocycles. The molecule has 0 aliphatic carbocycles.